The summed E-state index contributed by atoms with van der Waals surface area (Å²) in [5, 5.41) is 11.1. The molecule has 6 rings (SSSR count). The Morgan fingerprint density at radius 1 is 1.07 bits per heavy atom. The highest BCUT2D eigenvalue weighted by Crippen LogP contribution is 2.38. The van der Waals surface area contributed by atoms with Gasteiger partial charge in [0, 0.05) is 42.5 Å². The normalized spacial score (nSPS) is 16.7. The van der Waals surface area contributed by atoms with Crippen molar-refractivity contribution in [2.75, 3.05) is 13.2 Å². The summed E-state index contributed by atoms with van der Waals surface area (Å²) in [5.74, 6) is 0. The molecule has 0 saturated carbocycles. The van der Waals surface area contributed by atoms with Crippen LogP contribution in [0.4, 0.5) is 0 Å². The summed E-state index contributed by atoms with van der Waals surface area (Å²) in [6.45, 7) is 12.2. The molecule has 0 aliphatic carbocycles. The molecule has 5 aromatic rings. The van der Waals surface area contributed by atoms with E-state index in [1.165, 1.54) is 0 Å². The van der Waals surface area contributed by atoms with E-state index in [0.29, 0.717) is 11.6 Å². The van der Waals surface area contributed by atoms with E-state index in [-0.39, 0.29) is 22.9 Å². The molecule has 10 heteroatoms. The lowest BCUT2D eigenvalue weighted by atomic mass is 10.0. The van der Waals surface area contributed by atoms with Crippen molar-refractivity contribution < 1.29 is 9.16 Å². The van der Waals surface area contributed by atoms with Crippen LogP contribution in [0.15, 0.2) is 77.9 Å². The van der Waals surface area contributed by atoms with Gasteiger partial charge in [0.05, 0.1) is 23.9 Å². The summed E-state index contributed by atoms with van der Waals surface area (Å²) in [4.78, 5) is 13.8. The summed E-state index contributed by atoms with van der Waals surface area (Å²) in [6.07, 6.45) is 6.67. The lowest BCUT2D eigenvalue weighted by molar-refractivity contribution is -0.0365. The third-order valence-corrected chi connectivity index (χ3v) is 14.2. The molecule has 236 valence electrons. The minimum Gasteiger partial charge on any atom is -0.414 e. The fourth-order valence-corrected chi connectivity index (χ4v) is 6.94. The van der Waals surface area contributed by atoms with Crippen LogP contribution in [-0.2, 0) is 16.2 Å². The molecule has 1 saturated heterocycles. The van der Waals surface area contributed by atoms with Crippen LogP contribution in [0.1, 0.15) is 57.9 Å². The Labute approximate surface area is 270 Å². The summed E-state index contributed by atoms with van der Waals surface area (Å²) < 4.78 is 18.4. The minimum absolute atomic E-state index is 0.0462. The second kappa shape index (κ2) is 12.4. The second-order valence-corrected chi connectivity index (χ2v) is 18.7. The van der Waals surface area contributed by atoms with Crippen molar-refractivity contribution in [1.29, 1.82) is 0 Å². The molecule has 1 fully saturated rings. The van der Waals surface area contributed by atoms with Crippen LogP contribution in [0.5, 0.6) is 0 Å². The van der Waals surface area contributed by atoms with E-state index in [1.54, 1.807) is 16.8 Å². The van der Waals surface area contributed by atoms with Crippen LogP contribution in [-0.4, -0.2) is 45.7 Å². The number of benzene rings is 2. The van der Waals surface area contributed by atoms with Gasteiger partial charge in [-0.25, -0.2) is 4.68 Å². The lowest BCUT2D eigenvalue weighted by Gasteiger charge is -2.37. The van der Waals surface area contributed by atoms with E-state index in [9.17, 15) is 4.79 Å². The molecular weight excluding hydrogens is 602 g/mol. The molecule has 1 aliphatic heterocycles. The van der Waals surface area contributed by atoms with Crippen LogP contribution in [0, 0.1) is 0 Å². The molecule has 0 N–H and O–H groups in total. The van der Waals surface area contributed by atoms with Gasteiger partial charge in [-0.3, -0.25) is 9.48 Å². The molecule has 1 aliphatic rings. The Hall–Kier alpha value is -3.50. The molecule has 45 heavy (non-hydrogen) atoms. The summed E-state index contributed by atoms with van der Waals surface area (Å²) in [6, 6.07) is 19.3. The standard InChI is InChI=1S/C35H42ClN5O3Si/c1-35(2,3)45(5,6)44-23-31(26-10-9-11-27(36)20-26)40-18-16-25(22-32(40)42)24-13-14-29-28(21-24)34(30-15-17-37-39(30)4)38-41(29)33-12-7-8-19-43-33/h9-11,13-18,20-22,31,33H,7-8,12,19,23H2,1-6H3. The van der Waals surface area contributed by atoms with Crippen molar-refractivity contribution in [2.45, 2.75) is 70.4 Å². The van der Waals surface area contributed by atoms with Crippen LogP contribution in [0.3, 0.4) is 0 Å². The smallest absolute Gasteiger partial charge is 0.251 e. The zero-order valence-electron chi connectivity index (χ0n) is 27.0. The Morgan fingerprint density at radius 3 is 2.53 bits per heavy atom. The number of hydrogen-bond donors (Lipinski definition) is 0. The number of hydrogen-bond acceptors (Lipinski definition) is 5. The zero-order valence-corrected chi connectivity index (χ0v) is 28.7. The number of aryl methyl sites for hydroxylation is 1. The molecule has 4 heterocycles. The number of pyridine rings is 1. The van der Waals surface area contributed by atoms with Gasteiger partial charge in [-0.1, -0.05) is 50.6 Å². The summed E-state index contributed by atoms with van der Waals surface area (Å²) >= 11 is 6.40. The first kappa shape index (κ1) is 31.5. The highest BCUT2D eigenvalue weighted by molar-refractivity contribution is 6.74. The zero-order chi connectivity index (χ0) is 31.9. The number of halogens is 1. The maximum Gasteiger partial charge on any atom is 0.251 e. The van der Waals surface area contributed by atoms with Gasteiger partial charge in [0.1, 0.15) is 5.69 Å². The van der Waals surface area contributed by atoms with Crippen molar-refractivity contribution in [1.82, 2.24) is 24.1 Å². The number of fused-ring (bicyclic) bond motifs is 1. The van der Waals surface area contributed by atoms with Crippen molar-refractivity contribution in [3.8, 4) is 22.5 Å². The van der Waals surface area contributed by atoms with Crippen molar-refractivity contribution in [3.63, 3.8) is 0 Å². The van der Waals surface area contributed by atoms with E-state index in [0.717, 1.165) is 64.9 Å². The van der Waals surface area contributed by atoms with E-state index >= 15 is 0 Å². The maximum atomic E-state index is 13.8. The average Bonchev–Trinajstić information content (AvgIpc) is 3.60. The Kier molecular flexibility index (Phi) is 8.65. The van der Waals surface area contributed by atoms with E-state index < -0.39 is 8.32 Å². The van der Waals surface area contributed by atoms with Gasteiger partial charge in [0.2, 0.25) is 0 Å². The Morgan fingerprint density at radius 2 is 1.87 bits per heavy atom. The van der Waals surface area contributed by atoms with Crippen LogP contribution >= 0.6 is 11.6 Å². The van der Waals surface area contributed by atoms with Crippen LogP contribution in [0.2, 0.25) is 23.2 Å². The van der Waals surface area contributed by atoms with Gasteiger partial charge in [0.25, 0.3) is 5.56 Å². The first-order valence-electron chi connectivity index (χ1n) is 15.7. The van der Waals surface area contributed by atoms with Crippen LogP contribution in [0.25, 0.3) is 33.4 Å². The second-order valence-electron chi connectivity index (χ2n) is 13.5. The number of aromatic nitrogens is 5. The lowest BCUT2D eigenvalue weighted by Crippen LogP contribution is -2.43. The van der Waals surface area contributed by atoms with Gasteiger partial charge >= 0.3 is 0 Å². The molecule has 8 nitrogen and oxygen atoms in total. The molecule has 0 spiro atoms. The largest absolute Gasteiger partial charge is 0.414 e. The summed E-state index contributed by atoms with van der Waals surface area (Å²) in [7, 11) is -0.146. The molecule has 2 atom stereocenters. The highest BCUT2D eigenvalue weighted by atomic mass is 35.5. The van der Waals surface area contributed by atoms with Crippen molar-refractivity contribution >= 4 is 30.8 Å². The predicted octanol–water partition coefficient (Wildman–Crippen LogP) is 8.23. The Balaban J connectivity index is 1.39. The van der Waals surface area contributed by atoms with Crippen LogP contribution < -0.4 is 5.56 Å². The molecule has 0 amide bonds. The van der Waals surface area contributed by atoms with Crippen molar-refractivity contribution in [2.24, 2.45) is 7.05 Å². The molecular formula is C35H42ClN5O3Si. The molecule has 0 bridgehead atoms. The molecule has 0 radical (unpaired) electrons. The SMILES string of the molecule is Cn1nccc1-c1nn(C2CCCCO2)c2ccc(-c3ccn(C(CO[Si](C)(C)C(C)(C)C)c4cccc(Cl)c4)c(=O)c3)cc12. The number of nitrogens with zero attached hydrogens (tertiary/aromatic N) is 5. The van der Waals surface area contributed by atoms with Gasteiger partial charge < -0.3 is 13.7 Å². The van der Waals surface area contributed by atoms with E-state index in [1.807, 2.05) is 59.0 Å². The third kappa shape index (κ3) is 6.31. The maximum absolute atomic E-state index is 13.8. The number of ether oxygens (including phenoxy) is 1. The van der Waals surface area contributed by atoms with Crippen molar-refractivity contribution in [3.05, 3.63) is 94.0 Å². The third-order valence-electron chi connectivity index (χ3n) is 9.46. The molecule has 2 unspecified atom stereocenters. The van der Waals surface area contributed by atoms with Gasteiger partial charge in [-0.2, -0.15) is 10.2 Å². The van der Waals surface area contributed by atoms with Gasteiger partial charge in [-0.15, -0.1) is 0 Å². The topological polar surface area (TPSA) is 76.1 Å². The van der Waals surface area contributed by atoms with Gasteiger partial charge in [-0.05, 0) is 90.5 Å². The molecule has 2 aromatic carbocycles. The Bertz CT molecular complexity index is 1880. The first-order valence-corrected chi connectivity index (χ1v) is 19.0. The highest BCUT2D eigenvalue weighted by Gasteiger charge is 2.38. The quantitative estimate of drug-likeness (QED) is 0.159. The average molecular weight is 644 g/mol. The fraction of sp³-hybridized carbons (Fsp3) is 0.400. The monoisotopic (exact) mass is 643 g/mol. The molecule has 3 aromatic heterocycles. The minimum atomic E-state index is -2.07. The van der Waals surface area contributed by atoms with E-state index in [2.05, 4.69) is 57.2 Å². The summed E-state index contributed by atoms with van der Waals surface area (Å²) in [5.41, 5.74) is 5.39. The number of rotatable bonds is 8. The predicted molar refractivity (Wildman–Crippen MR) is 183 cm³/mol. The fourth-order valence-electron chi connectivity index (χ4n) is 5.73. The van der Waals surface area contributed by atoms with Gasteiger partial charge in [0.15, 0.2) is 14.5 Å². The van der Waals surface area contributed by atoms with E-state index in [4.69, 9.17) is 25.9 Å². The first-order chi connectivity index (χ1) is 21.4.